The summed E-state index contributed by atoms with van der Waals surface area (Å²) >= 11 is 0. The standard InChI is InChI=1S/C19H24BFN2O3/c1-18(2)19(3,4)26-20(25-18)17(21)14-6-8-15(9-7-14)24-16-10-5-13(11-22)12-23-16/h5,10,12,15H,6-9H2,1-4H3. The lowest BCUT2D eigenvalue weighted by molar-refractivity contribution is 0.00578. The van der Waals surface area contributed by atoms with Gasteiger partial charge < -0.3 is 14.0 Å². The smallest absolute Gasteiger partial charge is 0.474 e. The van der Waals surface area contributed by atoms with Crippen molar-refractivity contribution in [3.63, 3.8) is 0 Å². The summed E-state index contributed by atoms with van der Waals surface area (Å²) in [6, 6.07) is 5.39. The summed E-state index contributed by atoms with van der Waals surface area (Å²) in [5.74, 6) is 0.493. The maximum atomic E-state index is 14.9. The zero-order chi connectivity index (χ0) is 18.9. The molecule has 2 aliphatic rings. The van der Waals surface area contributed by atoms with Crippen molar-refractivity contribution in [2.75, 3.05) is 0 Å². The monoisotopic (exact) mass is 358 g/mol. The van der Waals surface area contributed by atoms with Gasteiger partial charge in [0.05, 0.1) is 16.8 Å². The van der Waals surface area contributed by atoms with E-state index in [9.17, 15) is 4.39 Å². The van der Waals surface area contributed by atoms with Gasteiger partial charge in [0, 0.05) is 12.3 Å². The molecule has 0 bridgehead atoms. The number of allylic oxidation sites excluding steroid dienone is 1. The predicted octanol–water partition coefficient (Wildman–Crippen LogP) is 4.13. The molecular formula is C19H24BFN2O3. The van der Waals surface area contributed by atoms with Crippen LogP contribution in [0.2, 0.25) is 0 Å². The fourth-order valence-electron chi connectivity index (χ4n) is 3.10. The van der Waals surface area contributed by atoms with Gasteiger partial charge in [0.15, 0.2) is 0 Å². The summed E-state index contributed by atoms with van der Waals surface area (Å²) in [7, 11) is -0.923. The third kappa shape index (κ3) is 3.77. The number of pyridine rings is 1. The number of ether oxygens (including phenoxy) is 1. The van der Waals surface area contributed by atoms with E-state index in [2.05, 4.69) is 4.98 Å². The Hall–Kier alpha value is -1.91. The third-order valence-electron chi connectivity index (χ3n) is 5.49. The quantitative estimate of drug-likeness (QED) is 0.761. The maximum Gasteiger partial charge on any atom is 0.525 e. The third-order valence-corrected chi connectivity index (χ3v) is 5.49. The highest BCUT2D eigenvalue weighted by molar-refractivity contribution is 6.53. The second kappa shape index (κ2) is 7.01. The van der Waals surface area contributed by atoms with E-state index >= 15 is 0 Å². The number of nitrogens with zero attached hydrogens (tertiary/aromatic N) is 2. The molecule has 2 heterocycles. The van der Waals surface area contributed by atoms with Crippen molar-refractivity contribution < 1.29 is 18.4 Å². The summed E-state index contributed by atoms with van der Waals surface area (Å²) < 4.78 is 32.3. The summed E-state index contributed by atoms with van der Waals surface area (Å²) in [5.41, 5.74) is -0.140. The average Bonchev–Trinajstić information content (AvgIpc) is 2.83. The minimum absolute atomic E-state index is 0.00900. The van der Waals surface area contributed by atoms with Gasteiger partial charge in [-0.1, -0.05) is 0 Å². The van der Waals surface area contributed by atoms with Crippen molar-refractivity contribution in [2.24, 2.45) is 0 Å². The highest BCUT2D eigenvalue weighted by Crippen LogP contribution is 2.40. The van der Waals surface area contributed by atoms with Crippen molar-refractivity contribution in [1.82, 2.24) is 4.98 Å². The molecule has 26 heavy (non-hydrogen) atoms. The normalized spacial score (nSPS) is 24.2. The lowest BCUT2D eigenvalue weighted by Crippen LogP contribution is -2.41. The molecule has 138 valence electrons. The summed E-state index contributed by atoms with van der Waals surface area (Å²) in [4.78, 5) is 4.12. The van der Waals surface area contributed by atoms with Crippen LogP contribution in [-0.4, -0.2) is 29.4 Å². The van der Waals surface area contributed by atoms with Crippen LogP contribution in [0.15, 0.2) is 29.6 Å². The van der Waals surface area contributed by atoms with Gasteiger partial charge in [-0.25, -0.2) is 9.37 Å². The first-order valence-electron chi connectivity index (χ1n) is 8.98. The first kappa shape index (κ1) is 18.9. The van der Waals surface area contributed by atoms with Gasteiger partial charge in [0.1, 0.15) is 17.9 Å². The number of nitriles is 1. The molecule has 0 unspecified atom stereocenters. The second-order valence-corrected chi connectivity index (χ2v) is 7.85. The van der Waals surface area contributed by atoms with Crippen LogP contribution in [-0.2, 0) is 9.31 Å². The Morgan fingerprint density at radius 1 is 1.23 bits per heavy atom. The van der Waals surface area contributed by atoms with E-state index in [1.807, 2.05) is 33.8 Å². The topological polar surface area (TPSA) is 64.4 Å². The van der Waals surface area contributed by atoms with E-state index < -0.39 is 18.3 Å². The molecule has 1 saturated carbocycles. The number of hydrogen-bond acceptors (Lipinski definition) is 5. The Labute approximate surface area is 154 Å². The second-order valence-electron chi connectivity index (χ2n) is 7.85. The molecule has 1 aromatic rings. The SMILES string of the molecule is CC1(C)OB(C(F)=C2CCC(Oc3ccc(C#N)cn3)CC2)OC1(C)C. The average molecular weight is 358 g/mol. The van der Waals surface area contributed by atoms with Crippen molar-refractivity contribution in [1.29, 1.82) is 5.26 Å². The zero-order valence-electron chi connectivity index (χ0n) is 15.7. The van der Waals surface area contributed by atoms with Crippen LogP contribution in [0.1, 0.15) is 58.9 Å². The molecule has 0 spiro atoms. The fourth-order valence-corrected chi connectivity index (χ4v) is 3.10. The van der Waals surface area contributed by atoms with E-state index in [4.69, 9.17) is 19.3 Å². The highest BCUT2D eigenvalue weighted by Gasteiger charge is 2.53. The van der Waals surface area contributed by atoms with Gasteiger partial charge in [0.25, 0.3) is 0 Å². The predicted molar refractivity (Wildman–Crippen MR) is 96.1 cm³/mol. The lowest BCUT2D eigenvalue weighted by atomic mass is 9.79. The number of hydrogen-bond donors (Lipinski definition) is 0. The summed E-state index contributed by atoms with van der Waals surface area (Å²) in [5, 5.41) is 8.79. The number of aromatic nitrogens is 1. The van der Waals surface area contributed by atoms with E-state index in [0.29, 0.717) is 37.1 Å². The lowest BCUT2D eigenvalue weighted by Gasteiger charge is -2.32. The van der Waals surface area contributed by atoms with Crippen LogP contribution in [0.25, 0.3) is 0 Å². The molecule has 2 fully saturated rings. The van der Waals surface area contributed by atoms with Gasteiger partial charge in [-0.05, 0) is 65.0 Å². The Morgan fingerprint density at radius 3 is 2.35 bits per heavy atom. The Balaban J connectivity index is 1.59. The molecule has 0 aromatic carbocycles. The number of halogens is 1. The zero-order valence-corrected chi connectivity index (χ0v) is 15.7. The van der Waals surface area contributed by atoms with Crippen molar-refractivity contribution in [3.8, 4) is 11.9 Å². The number of rotatable bonds is 3. The van der Waals surface area contributed by atoms with Crippen LogP contribution in [0.4, 0.5) is 4.39 Å². The first-order valence-corrected chi connectivity index (χ1v) is 8.98. The van der Waals surface area contributed by atoms with E-state index in [1.165, 1.54) is 6.20 Å². The molecule has 0 atom stereocenters. The Morgan fingerprint density at radius 2 is 1.85 bits per heavy atom. The minimum atomic E-state index is -0.923. The Kier molecular flexibility index (Phi) is 5.09. The summed E-state index contributed by atoms with van der Waals surface area (Å²) in [6.45, 7) is 7.67. The van der Waals surface area contributed by atoms with Crippen molar-refractivity contribution in [2.45, 2.75) is 70.7 Å². The fraction of sp³-hybridized carbons (Fsp3) is 0.579. The van der Waals surface area contributed by atoms with Crippen molar-refractivity contribution >= 4 is 7.12 Å². The first-order chi connectivity index (χ1) is 12.2. The van der Waals surface area contributed by atoms with Crippen LogP contribution < -0.4 is 4.74 Å². The Bertz CT molecular complexity index is 714. The van der Waals surface area contributed by atoms with E-state index in [0.717, 1.165) is 5.57 Å². The molecule has 0 N–H and O–H groups in total. The van der Waals surface area contributed by atoms with Crippen LogP contribution in [0.5, 0.6) is 5.88 Å². The molecule has 1 saturated heterocycles. The van der Waals surface area contributed by atoms with Gasteiger partial charge >= 0.3 is 7.12 Å². The molecule has 1 aliphatic carbocycles. The van der Waals surface area contributed by atoms with Crippen LogP contribution in [0.3, 0.4) is 0 Å². The minimum Gasteiger partial charge on any atom is -0.474 e. The molecule has 7 heteroatoms. The largest absolute Gasteiger partial charge is 0.525 e. The van der Waals surface area contributed by atoms with Gasteiger partial charge in [-0.15, -0.1) is 0 Å². The van der Waals surface area contributed by atoms with E-state index in [-0.39, 0.29) is 11.8 Å². The van der Waals surface area contributed by atoms with Gasteiger partial charge in [-0.2, -0.15) is 5.26 Å². The molecule has 0 amide bonds. The highest BCUT2D eigenvalue weighted by atomic mass is 19.1. The summed E-state index contributed by atoms with van der Waals surface area (Å²) in [6.07, 6.45) is 4.12. The van der Waals surface area contributed by atoms with Crippen molar-refractivity contribution in [3.05, 3.63) is 35.2 Å². The molecule has 0 radical (unpaired) electrons. The van der Waals surface area contributed by atoms with Crippen LogP contribution >= 0.6 is 0 Å². The van der Waals surface area contributed by atoms with Crippen LogP contribution in [0, 0.1) is 11.3 Å². The van der Waals surface area contributed by atoms with E-state index in [1.54, 1.807) is 12.1 Å². The van der Waals surface area contributed by atoms with Gasteiger partial charge in [0.2, 0.25) is 5.88 Å². The van der Waals surface area contributed by atoms with Gasteiger partial charge in [-0.3, -0.25) is 0 Å². The molecule has 1 aliphatic heterocycles. The molecule has 5 nitrogen and oxygen atoms in total. The maximum absolute atomic E-state index is 14.9. The molecule has 1 aromatic heterocycles. The molecule has 3 rings (SSSR count). The molecular weight excluding hydrogens is 334 g/mol.